The minimum atomic E-state index is -0.817. The minimum Gasteiger partial charge on any atom is -0.508 e. The number of phenols is 1. The Labute approximate surface area is 191 Å². The SMILES string of the molecule is CC(C)(O)CCNc1nc(NCc2cc(F)ccc2O)c2ncn(Cc3ccccc3)c2n1. The lowest BCUT2D eigenvalue weighted by molar-refractivity contribution is 0.0748. The number of aromatic hydroxyl groups is 1. The van der Waals surface area contributed by atoms with Crippen molar-refractivity contribution in [3.63, 3.8) is 0 Å². The van der Waals surface area contributed by atoms with Crippen LogP contribution < -0.4 is 10.6 Å². The van der Waals surface area contributed by atoms with Crippen molar-refractivity contribution in [2.45, 2.75) is 39.0 Å². The first-order valence-corrected chi connectivity index (χ1v) is 10.7. The zero-order valence-electron chi connectivity index (χ0n) is 18.6. The van der Waals surface area contributed by atoms with Crippen LogP contribution in [0.15, 0.2) is 54.9 Å². The van der Waals surface area contributed by atoms with Gasteiger partial charge in [-0.2, -0.15) is 9.97 Å². The van der Waals surface area contributed by atoms with Gasteiger partial charge in [-0.15, -0.1) is 0 Å². The van der Waals surface area contributed by atoms with Crippen molar-refractivity contribution < 1.29 is 14.6 Å². The molecular weight excluding hydrogens is 423 g/mol. The summed E-state index contributed by atoms with van der Waals surface area (Å²) in [6.07, 6.45) is 2.22. The molecule has 0 aliphatic rings. The zero-order valence-corrected chi connectivity index (χ0v) is 18.6. The molecule has 0 bridgehead atoms. The Bertz CT molecular complexity index is 1240. The first kappa shape index (κ1) is 22.5. The minimum absolute atomic E-state index is 0.00710. The normalized spacial score (nSPS) is 11.6. The Hall–Kier alpha value is -3.72. The number of anilines is 2. The molecule has 0 amide bonds. The van der Waals surface area contributed by atoms with Crippen LogP contribution >= 0.6 is 0 Å². The predicted octanol–water partition coefficient (Wildman–Crippen LogP) is 3.90. The van der Waals surface area contributed by atoms with Crippen LogP contribution in [0.1, 0.15) is 31.4 Å². The van der Waals surface area contributed by atoms with E-state index >= 15 is 0 Å². The van der Waals surface area contributed by atoms with Gasteiger partial charge < -0.3 is 25.4 Å². The highest BCUT2D eigenvalue weighted by atomic mass is 19.1. The highest BCUT2D eigenvalue weighted by Gasteiger charge is 2.16. The van der Waals surface area contributed by atoms with Crippen LogP contribution in [0, 0.1) is 5.82 Å². The van der Waals surface area contributed by atoms with Crippen LogP contribution in [0.25, 0.3) is 11.2 Å². The van der Waals surface area contributed by atoms with Crippen molar-refractivity contribution in [3.05, 3.63) is 71.8 Å². The number of rotatable bonds is 9. The van der Waals surface area contributed by atoms with Crippen molar-refractivity contribution in [1.29, 1.82) is 0 Å². The molecule has 0 saturated carbocycles. The average Bonchev–Trinajstić information content (AvgIpc) is 3.17. The fourth-order valence-electron chi connectivity index (χ4n) is 3.40. The highest BCUT2D eigenvalue weighted by Crippen LogP contribution is 2.24. The molecule has 172 valence electrons. The summed E-state index contributed by atoms with van der Waals surface area (Å²) in [6, 6.07) is 13.8. The number of imidazole rings is 1. The molecule has 8 nitrogen and oxygen atoms in total. The molecule has 0 aliphatic heterocycles. The van der Waals surface area contributed by atoms with Gasteiger partial charge in [0.15, 0.2) is 17.0 Å². The smallest absolute Gasteiger partial charge is 0.226 e. The molecule has 0 unspecified atom stereocenters. The lowest BCUT2D eigenvalue weighted by atomic mass is 10.1. The first-order valence-electron chi connectivity index (χ1n) is 10.7. The summed E-state index contributed by atoms with van der Waals surface area (Å²) in [5, 5.41) is 26.4. The average molecular weight is 451 g/mol. The van der Waals surface area contributed by atoms with Gasteiger partial charge in [-0.05, 0) is 44.0 Å². The second kappa shape index (κ2) is 9.41. The molecule has 33 heavy (non-hydrogen) atoms. The third-order valence-corrected chi connectivity index (χ3v) is 5.17. The van der Waals surface area contributed by atoms with Crippen molar-refractivity contribution >= 4 is 22.9 Å². The molecule has 2 aromatic heterocycles. The molecule has 4 rings (SSSR count). The number of nitrogens with one attached hydrogen (secondary N) is 2. The third kappa shape index (κ3) is 5.75. The van der Waals surface area contributed by atoms with Gasteiger partial charge in [-0.1, -0.05) is 30.3 Å². The zero-order chi connectivity index (χ0) is 23.4. The van der Waals surface area contributed by atoms with E-state index in [1.165, 1.54) is 18.2 Å². The van der Waals surface area contributed by atoms with Crippen LogP contribution in [-0.4, -0.2) is 41.9 Å². The third-order valence-electron chi connectivity index (χ3n) is 5.17. The largest absolute Gasteiger partial charge is 0.508 e. The van der Waals surface area contributed by atoms with Crippen LogP contribution in [0.5, 0.6) is 5.75 Å². The molecule has 2 heterocycles. The molecule has 0 spiro atoms. The maximum absolute atomic E-state index is 13.6. The van der Waals surface area contributed by atoms with E-state index in [4.69, 9.17) is 0 Å². The van der Waals surface area contributed by atoms with Gasteiger partial charge in [0.05, 0.1) is 18.5 Å². The van der Waals surface area contributed by atoms with E-state index in [1.54, 1.807) is 20.2 Å². The summed E-state index contributed by atoms with van der Waals surface area (Å²) in [5.41, 5.74) is 1.89. The first-order chi connectivity index (χ1) is 15.8. The Morgan fingerprint density at radius 3 is 2.61 bits per heavy atom. The van der Waals surface area contributed by atoms with Crippen molar-refractivity contribution in [1.82, 2.24) is 19.5 Å². The Morgan fingerprint density at radius 1 is 1.06 bits per heavy atom. The summed E-state index contributed by atoms with van der Waals surface area (Å²) in [5.74, 6) is 0.402. The van der Waals surface area contributed by atoms with E-state index in [0.717, 1.165) is 5.56 Å². The summed E-state index contributed by atoms with van der Waals surface area (Å²) >= 11 is 0. The van der Waals surface area contributed by atoms with Crippen LogP contribution in [0.2, 0.25) is 0 Å². The van der Waals surface area contributed by atoms with E-state index < -0.39 is 11.4 Å². The maximum Gasteiger partial charge on any atom is 0.226 e. The van der Waals surface area contributed by atoms with Crippen LogP contribution in [0.3, 0.4) is 0 Å². The topological polar surface area (TPSA) is 108 Å². The predicted molar refractivity (Wildman–Crippen MR) is 126 cm³/mol. The number of fused-ring (bicyclic) bond motifs is 1. The quantitative estimate of drug-likeness (QED) is 0.306. The van der Waals surface area contributed by atoms with Crippen molar-refractivity contribution in [3.8, 4) is 5.75 Å². The number of halogens is 1. The van der Waals surface area contributed by atoms with Gasteiger partial charge in [-0.25, -0.2) is 9.37 Å². The molecule has 0 radical (unpaired) electrons. The fourth-order valence-corrected chi connectivity index (χ4v) is 3.40. The Balaban J connectivity index is 1.65. The van der Waals surface area contributed by atoms with E-state index in [-0.39, 0.29) is 12.3 Å². The van der Waals surface area contributed by atoms with Gasteiger partial charge in [0.25, 0.3) is 0 Å². The number of nitrogens with zero attached hydrogens (tertiary/aromatic N) is 4. The maximum atomic E-state index is 13.6. The highest BCUT2D eigenvalue weighted by molar-refractivity contribution is 5.84. The van der Waals surface area contributed by atoms with Gasteiger partial charge in [0.2, 0.25) is 5.95 Å². The number of benzene rings is 2. The second-order valence-electron chi connectivity index (χ2n) is 8.54. The number of phenolic OH excluding ortho intramolecular Hbond substituents is 1. The summed E-state index contributed by atoms with van der Waals surface area (Å²) in [7, 11) is 0. The Morgan fingerprint density at radius 2 is 1.85 bits per heavy atom. The van der Waals surface area contributed by atoms with Gasteiger partial charge >= 0.3 is 0 Å². The number of aromatic nitrogens is 4. The van der Waals surface area contributed by atoms with Crippen molar-refractivity contribution in [2.75, 3.05) is 17.2 Å². The van der Waals surface area contributed by atoms with Gasteiger partial charge in [0.1, 0.15) is 11.6 Å². The number of aliphatic hydroxyl groups is 1. The summed E-state index contributed by atoms with van der Waals surface area (Å²) in [4.78, 5) is 13.7. The number of hydrogen-bond acceptors (Lipinski definition) is 7. The van der Waals surface area contributed by atoms with E-state index in [2.05, 4.69) is 25.6 Å². The fraction of sp³-hybridized carbons (Fsp3) is 0.292. The van der Waals surface area contributed by atoms with Crippen LogP contribution in [-0.2, 0) is 13.1 Å². The van der Waals surface area contributed by atoms with Gasteiger partial charge in [-0.3, -0.25) is 0 Å². The van der Waals surface area contributed by atoms with E-state index in [0.29, 0.717) is 48.0 Å². The molecule has 0 aliphatic carbocycles. The number of hydrogen-bond donors (Lipinski definition) is 4. The standard InChI is InChI=1S/C24H27FN6O2/c1-24(2,33)10-11-26-23-29-21(27-13-17-12-18(25)8-9-19(17)32)20-22(30-23)31(15-28-20)14-16-6-4-3-5-7-16/h3-9,12,15,32-33H,10-11,13-14H2,1-2H3,(H2,26,27,29,30). The van der Waals surface area contributed by atoms with Gasteiger partial charge in [0, 0.05) is 18.7 Å². The van der Waals surface area contributed by atoms with Crippen molar-refractivity contribution in [2.24, 2.45) is 0 Å². The molecule has 9 heteroatoms. The molecule has 4 aromatic rings. The summed E-state index contributed by atoms with van der Waals surface area (Å²) in [6.45, 7) is 4.70. The molecule has 2 aromatic carbocycles. The molecule has 4 N–H and O–H groups in total. The Kier molecular flexibility index (Phi) is 6.41. The van der Waals surface area contributed by atoms with E-state index in [1.807, 2.05) is 34.9 Å². The molecule has 0 fully saturated rings. The molecule has 0 saturated heterocycles. The monoisotopic (exact) mass is 450 g/mol. The van der Waals surface area contributed by atoms with Crippen LogP contribution in [0.4, 0.5) is 16.2 Å². The summed E-state index contributed by atoms with van der Waals surface area (Å²) < 4.78 is 15.6. The van der Waals surface area contributed by atoms with E-state index in [9.17, 15) is 14.6 Å². The lowest BCUT2D eigenvalue weighted by Gasteiger charge is -2.17. The molecule has 0 atom stereocenters. The lowest BCUT2D eigenvalue weighted by Crippen LogP contribution is -2.23. The second-order valence-corrected chi connectivity index (χ2v) is 8.54. The molecular formula is C24H27FN6O2.